The first kappa shape index (κ1) is 15.6. The molecule has 0 aliphatic carbocycles. The average Bonchev–Trinajstić information content (AvgIpc) is 3.06. The monoisotopic (exact) mass is 323 g/mol. The van der Waals surface area contributed by atoms with Gasteiger partial charge >= 0.3 is 0 Å². The van der Waals surface area contributed by atoms with E-state index in [1.807, 2.05) is 18.2 Å². The first-order chi connectivity index (χ1) is 11.2. The van der Waals surface area contributed by atoms with Crippen LogP contribution in [0.2, 0.25) is 0 Å². The lowest BCUT2D eigenvalue weighted by atomic mass is 10.1. The predicted molar refractivity (Wildman–Crippen MR) is 98.3 cm³/mol. The van der Waals surface area contributed by atoms with Crippen LogP contribution in [0.4, 0.5) is 5.69 Å². The van der Waals surface area contributed by atoms with E-state index in [4.69, 9.17) is 4.74 Å². The zero-order chi connectivity index (χ0) is 16.1. The minimum atomic E-state index is 0.631. The summed E-state index contributed by atoms with van der Waals surface area (Å²) in [5.74, 6) is 0.915. The highest BCUT2D eigenvalue weighted by atomic mass is 32.1. The summed E-state index contributed by atoms with van der Waals surface area (Å²) >= 11 is 1.72. The molecule has 0 aliphatic heterocycles. The Morgan fingerprint density at radius 2 is 1.91 bits per heavy atom. The van der Waals surface area contributed by atoms with Gasteiger partial charge in [-0.05, 0) is 54.6 Å². The summed E-state index contributed by atoms with van der Waals surface area (Å²) in [5.41, 5.74) is 4.96. The van der Waals surface area contributed by atoms with Crippen molar-refractivity contribution in [1.29, 1.82) is 0 Å². The van der Waals surface area contributed by atoms with Crippen LogP contribution in [-0.4, -0.2) is 0 Å². The van der Waals surface area contributed by atoms with Crippen LogP contribution < -0.4 is 10.1 Å². The van der Waals surface area contributed by atoms with Gasteiger partial charge in [0.25, 0.3) is 0 Å². The van der Waals surface area contributed by atoms with Crippen molar-refractivity contribution in [3.05, 3.63) is 81.5 Å². The molecule has 2 aromatic carbocycles. The molecule has 0 bridgehead atoms. The molecule has 3 aromatic rings. The largest absolute Gasteiger partial charge is 0.488 e. The molecule has 0 saturated carbocycles. The summed E-state index contributed by atoms with van der Waals surface area (Å²) in [6, 6.07) is 18.9. The molecule has 2 nitrogen and oxygen atoms in total. The number of ether oxygens (including phenoxy) is 1. The van der Waals surface area contributed by atoms with E-state index < -0.39 is 0 Å². The highest BCUT2D eigenvalue weighted by molar-refractivity contribution is 7.09. The minimum absolute atomic E-state index is 0.631. The Hall–Kier alpha value is -2.26. The normalized spacial score (nSPS) is 10.5. The fourth-order valence-electron chi connectivity index (χ4n) is 2.50. The lowest BCUT2D eigenvalue weighted by Crippen LogP contribution is -2.02. The third kappa shape index (κ3) is 4.36. The first-order valence-corrected chi connectivity index (χ1v) is 8.64. The Morgan fingerprint density at radius 3 is 2.70 bits per heavy atom. The van der Waals surface area contributed by atoms with Crippen LogP contribution in [0.5, 0.6) is 5.75 Å². The zero-order valence-corrected chi connectivity index (χ0v) is 14.3. The van der Waals surface area contributed by atoms with Gasteiger partial charge in [-0.1, -0.05) is 35.9 Å². The second-order valence-corrected chi connectivity index (χ2v) is 6.72. The number of anilines is 1. The van der Waals surface area contributed by atoms with E-state index >= 15 is 0 Å². The average molecular weight is 323 g/mol. The number of benzene rings is 2. The van der Waals surface area contributed by atoms with E-state index in [-0.39, 0.29) is 0 Å². The smallest absolute Gasteiger partial charge is 0.122 e. The third-order valence-corrected chi connectivity index (χ3v) is 4.57. The Bertz CT molecular complexity index is 765. The van der Waals surface area contributed by atoms with Crippen molar-refractivity contribution in [2.75, 3.05) is 5.32 Å². The number of nitrogens with one attached hydrogen (secondary N) is 1. The van der Waals surface area contributed by atoms with Gasteiger partial charge in [-0.15, -0.1) is 11.3 Å². The van der Waals surface area contributed by atoms with Gasteiger partial charge in [0.1, 0.15) is 12.4 Å². The van der Waals surface area contributed by atoms with Gasteiger partial charge < -0.3 is 10.1 Å². The molecule has 1 heterocycles. The summed E-state index contributed by atoms with van der Waals surface area (Å²) in [7, 11) is 0. The molecule has 0 spiro atoms. The van der Waals surface area contributed by atoms with Gasteiger partial charge in [-0.2, -0.15) is 0 Å². The molecule has 0 radical (unpaired) electrons. The van der Waals surface area contributed by atoms with Gasteiger partial charge in [0.2, 0.25) is 0 Å². The standard InChI is InChI=1S/C20H21NOS/c1-15-8-9-20(16(2)11-15)21-13-17-5-3-6-18(12-17)22-14-19-7-4-10-23-19/h3-12,21H,13-14H2,1-2H3. The van der Waals surface area contributed by atoms with Crippen LogP contribution in [0.25, 0.3) is 0 Å². The molecule has 0 atom stereocenters. The Morgan fingerprint density at radius 1 is 1.00 bits per heavy atom. The Labute approximate surface area is 141 Å². The predicted octanol–water partition coefficient (Wildman–Crippen LogP) is 5.56. The summed E-state index contributed by atoms with van der Waals surface area (Å²) in [5, 5.41) is 5.57. The second-order valence-electron chi connectivity index (χ2n) is 5.69. The van der Waals surface area contributed by atoms with Crippen LogP contribution in [0.3, 0.4) is 0 Å². The van der Waals surface area contributed by atoms with Gasteiger partial charge in [-0.25, -0.2) is 0 Å². The lowest BCUT2D eigenvalue weighted by Gasteiger charge is -2.11. The number of hydrogen-bond acceptors (Lipinski definition) is 3. The maximum Gasteiger partial charge on any atom is 0.122 e. The van der Waals surface area contributed by atoms with Gasteiger partial charge in [-0.3, -0.25) is 0 Å². The van der Waals surface area contributed by atoms with E-state index in [0.29, 0.717) is 6.61 Å². The van der Waals surface area contributed by atoms with E-state index in [9.17, 15) is 0 Å². The van der Waals surface area contributed by atoms with E-state index in [1.54, 1.807) is 11.3 Å². The fraction of sp³-hybridized carbons (Fsp3) is 0.200. The highest BCUT2D eigenvalue weighted by Crippen LogP contribution is 2.20. The topological polar surface area (TPSA) is 21.3 Å². The molecule has 0 fully saturated rings. The first-order valence-electron chi connectivity index (χ1n) is 7.76. The molecule has 0 aliphatic rings. The van der Waals surface area contributed by atoms with Crippen molar-refractivity contribution < 1.29 is 4.74 Å². The van der Waals surface area contributed by atoms with Crippen molar-refractivity contribution in [3.8, 4) is 5.75 Å². The van der Waals surface area contributed by atoms with Crippen LogP contribution in [-0.2, 0) is 13.2 Å². The van der Waals surface area contributed by atoms with Gasteiger partial charge in [0, 0.05) is 17.1 Å². The SMILES string of the molecule is Cc1ccc(NCc2cccc(OCc3cccs3)c2)c(C)c1. The maximum atomic E-state index is 5.87. The Balaban J connectivity index is 1.60. The van der Waals surface area contributed by atoms with Crippen LogP contribution in [0.15, 0.2) is 60.0 Å². The maximum absolute atomic E-state index is 5.87. The third-order valence-electron chi connectivity index (χ3n) is 3.72. The second kappa shape index (κ2) is 7.34. The van der Waals surface area contributed by atoms with Crippen LogP contribution >= 0.6 is 11.3 Å². The molecule has 0 amide bonds. The molecule has 23 heavy (non-hydrogen) atoms. The molecule has 118 valence electrons. The quantitative estimate of drug-likeness (QED) is 0.641. The summed E-state index contributed by atoms with van der Waals surface area (Å²) < 4.78 is 5.87. The van der Waals surface area contributed by atoms with Crippen molar-refractivity contribution in [3.63, 3.8) is 0 Å². The van der Waals surface area contributed by atoms with E-state index in [1.165, 1.54) is 27.3 Å². The molecule has 0 unspecified atom stereocenters. The molecule has 0 saturated heterocycles. The van der Waals surface area contributed by atoms with Crippen molar-refractivity contribution in [2.24, 2.45) is 0 Å². The summed E-state index contributed by atoms with van der Waals surface area (Å²) in [6.07, 6.45) is 0. The van der Waals surface area contributed by atoms with Gasteiger partial charge in [0.05, 0.1) is 0 Å². The highest BCUT2D eigenvalue weighted by Gasteiger charge is 2.01. The minimum Gasteiger partial charge on any atom is -0.488 e. The van der Waals surface area contributed by atoms with Crippen molar-refractivity contribution in [1.82, 2.24) is 0 Å². The molecular weight excluding hydrogens is 302 g/mol. The number of thiophene rings is 1. The molecule has 1 aromatic heterocycles. The number of aryl methyl sites for hydroxylation is 2. The lowest BCUT2D eigenvalue weighted by molar-refractivity contribution is 0.309. The molecule has 1 N–H and O–H groups in total. The van der Waals surface area contributed by atoms with Gasteiger partial charge in [0.15, 0.2) is 0 Å². The molecular formula is C20H21NOS. The molecule has 3 rings (SSSR count). The van der Waals surface area contributed by atoms with Crippen LogP contribution in [0, 0.1) is 13.8 Å². The Kier molecular flexibility index (Phi) is 4.99. The molecule has 3 heteroatoms. The van der Waals surface area contributed by atoms with E-state index in [0.717, 1.165) is 12.3 Å². The zero-order valence-electron chi connectivity index (χ0n) is 13.5. The summed E-state index contributed by atoms with van der Waals surface area (Å²) in [6.45, 7) is 5.67. The van der Waals surface area contributed by atoms with Crippen molar-refractivity contribution >= 4 is 17.0 Å². The van der Waals surface area contributed by atoms with Crippen molar-refractivity contribution in [2.45, 2.75) is 27.0 Å². The number of rotatable bonds is 6. The van der Waals surface area contributed by atoms with Crippen LogP contribution in [0.1, 0.15) is 21.6 Å². The summed E-state index contributed by atoms with van der Waals surface area (Å²) in [4.78, 5) is 1.24. The van der Waals surface area contributed by atoms with E-state index in [2.05, 4.69) is 60.9 Å². The fourth-order valence-corrected chi connectivity index (χ4v) is 3.12. The number of hydrogen-bond donors (Lipinski definition) is 1.